The predicted molar refractivity (Wildman–Crippen MR) is 104 cm³/mol. The Morgan fingerprint density at radius 1 is 0.800 bits per heavy atom. The van der Waals surface area contributed by atoms with E-state index in [2.05, 4.69) is 4.57 Å². The molecule has 0 aliphatic heterocycles. The molecule has 0 aromatic carbocycles. The highest BCUT2D eigenvalue weighted by Crippen LogP contribution is 2.41. The summed E-state index contributed by atoms with van der Waals surface area (Å²) >= 11 is 0. The molecule has 4 rings (SSSR count). The number of aliphatic hydroxyl groups excluding tert-OH is 1. The van der Waals surface area contributed by atoms with E-state index in [0.717, 1.165) is 18.3 Å². The lowest BCUT2D eigenvalue weighted by atomic mass is 9.83. The van der Waals surface area contributed by atoms with Crippen molar-refractivity contribution in [3.05, 3.63) is 22.5 Å². The second-order valence-corrected chi connectivity index (χ2v) is 8.92. The molecule has 25 heavy (non-hydrogen) atoms. The third-order valence-corrected chi connectivity index (χ3v) is 7.25. The first-order chi connectivity index (χ1) is 12.4. The molecule has 1 aromatic rings. The molecule has 3 aliphatic rings. The van der Waals surface area contributed by atoms with Crippen molar-refractivity contribution < 1.29 is 5.11 Å². The van der Waals surface area contributed by atoms with E-state index in [9.17, 15) is 5.11 Å². The molecule has 0 atom stereocenters. The standard InChI is InChI=1S/C23H37NO/c25-16-15-21-20-13-7-8-14-22(20)24(17-18-9-3-1-4-10-18)23(21)19-11-5-2-6-12-19/h18-19,25H,1-17H2. The summed E-state index contributed by atoms with van der Waals surface area (Å²) in [6.07, 6.45) is 20.4. The maximum absolute atomic E-state index is 9.77. The number of hydrogen-bond acceptors (Lipinski definition) is 1. The van der Waals surface area contributed by atoms with Gasteiger partial charge in [0.1, 0.15) is 0 Å². The molecule has 3 aliphatic carbocycles. The van der Waals surface area contributed by atoms with Crippen molar-refractivity contribution in [2.45, 2.75) is 109 Å². The van der Waals surface area contributed by atoms with Gasteiger partial charge in [-0.05, 0) is 80.8 Å². The first-order valence-electron chi connectivity index (χ1n) is 11.2. The van der Waals surface area contributed by atoms with Gasteiger partial charge in [0, 0.05) is 24.5 Å². The van der Waals surface area contributed by atoms with Crippen LogP contribution in [0.2, 0.25) is 0 Å². The van der Waals surface area contributed by atoms with E-state index in [-0.39, 0.29) is 0 Å². The molecule has 2 nitrogen and oxygen atoms in total. The van der Waals surface area contributed by atoms with Gasteiger partial charge in [0.15, 0.2) is 0 Å². The average Bonchev–Trinajstić information content (AvgIpc) is 2.97. The van der Waals surface area contributed by atoms with Gasteiger partial charge in [0.2, 0.25) is 0 Å². The third kappa shape index (κ3) is 3.70. The van der Waals surface area contributed by atoms with E-state index in [0.29, 0.717) is 6.61 Å². The molecule has 2 fully saturated rings. The molecule has 0 unspecified atom stereocenters. The Morgan fingerprint density at radius 2 is 1.48 bits per heavy atom. The molecular weight excluding hydrogens is 306 g/mol. The largest absolute Gasteiger partial charge is 0.396 e. The van der Waals surface area contributed by atoms with Crippen LogP contribution in [0.1, 0.15) is 105 Å². The summed E-state index contributed by atoms with van der Waals surface area (Å²) in [5.41, 5.74) is 6.61. The van der Waals surface area contributed by atoms with Gasteiger partial charge in [-0.15, -0.1) is 0 Å². The van der Waals surface area contributed by atoms with Crippen molar-refractivity contribution >= 4 is 0 Å². The van der Waals surface area contributed by atoms with E-state index >= 15 is 0 Å². The first kappa shape index (κ1) is 17.6. The molecule has 0 bridgehead atoms. The minimum absolute atomic E-state index is 0.319. The quantitative estimate of drug-likeness (QED) is 0.747. The number of rotatable bonds is 5. The SMILES string of the molecule is OCCc1c2c(n(CC3CCCCC3)c1C1CCCCC1)CCCC2. The van der Waals surface area contributed by atoms with Crippen LogP contribution in [0.15, 0.2) is 0 Å². The van der Waals surface area contributed by atoms with Gasteiger partial charge >= 0.3 is 0 Å². The monoisotopic (exact) mass is 343 g/mol. The number of nitrogens with zero attached hydrogens (tertiary/aromatic N) is 1. The maximum Gasteiger partial charge on any atom is 0.0472 e. The van der Waals surface area contributed by atoms with Crippen LogP contribution in [0.3, 0.4) is 0 Å². The van der Waals surface area contributed by atoms with Gasteiger partial charge in [-0.3, -0.25) is 0 Å². The van der Waals surface area contributed by atoms with Crippen LogP contribution in [0.5, 0.6) is 0 Å². The van der Waals surface area contributed by atoms with Crippen molar-refractivity contribution in [1.82, 2.24) is 4.57 Å². The van der Waals surface area contributed by atoms with Crippen molar-refractivity contribution in [2.24, 2.45) is 5.92 Å². The van der Waals surface area contributed by atoms with Crippen molar-refractivity contribution in [3.63, 3.8) is 0 Å². The summed E-state index contributed by atoms with van der Waals surface area (Å²) in [7, 11) is 0. The average molecular weight is 344 g/mol. The molecular formula is C23H37NO. The summed E-state index contributed by atoms with van der Waals surface area (Å²) < 4.78 is 2.82. The second-order valence-electron chi connectivity index (χ2n) is 8.92. The number of fused-ring (bicyclic) bond motifs is 1. The topological polar surface area (TPSA) is 25.2 Å². The van der Waals surface area contributed by atoms with Gasteiger partial charge < -0.3 is 9.67 Å². The Kier molecular flexibility index (Phi) is 5.85. The number of aromatic nitrogens is 1. The van der Waals surface area contributed by atoms with Crippen LogP contribution >= 0.6 is 0 Å². The van der Waals surface area contributed by atoms with Gasteiger partial charge in [0.25, 0.3) is 0 Å². The zero-order valence-corrected chi connectivity index (χ0v) is 16.1. The lowest BCUT2D eigenvalue weighted by Crippen LogP contribution is -2.21. The summed E-state index contributed by atoms with van der Waals surface area (Å²) in [6.45, 7) is 1.60. The van der Waals surface area contributed by atoms with Crippen LogP contribution in [0.25, 0.3) is 0 Å². The fourth-order valence-corrected chi connectivity index (χ4v) is 6.05. The van der Waals surface area contributed by atoms with Gasteiger partial charge in [-0.2, -0.15) is 0 Å². The minimum atomic E-state index is 0.319. The fourth-order valence-electron chi connectivity index (χ4n) is 6.05. The lowest BCUT2D eigenvalue weighted by Gasteiger charge is -2.29. The predicted octanol–water partition coefficient (Wildman–Crippen LogP) is 5.53. The van der Waals surface area contributed by atoms with E-state index in [1.807, 2.05) is 0 Å². The van der Waals surface area contributed by atoms with E-state index < -0.39 is 0 Å². The van der Waals surface area contributed by atoms with Crippen LogP contribution in [0, 0.1) is 5.92 Å². The molecule has 0 saturated heterocycles. The first-order valence-corrected chi connectivity index (χ1v) is 11.2. The molecule has 140 valence electrons. The minimum Gasteiger partial charge on any atom is -0.396 e. The van der Waals surface area contributed by atoms with Crippen LogP contribution < -0.4 is 0 Å². The van der Waals surface area contributed by atoms with E-state index in [1.54, 1.807) is 22.5 Å². The highest BCUT2D eigenvalue weighted by molar-refractivity contribution is 5.42. The molecule has 2 heteroatoms. The zero-order chi connectivity index (χ0) is 17.1. The molecule has 1 heterocycles. The van der Waals surface area contributed by atoms with Gasteiger partial charge in [-0.25, -0.2) is 0 Å². The normalized spacial score (nSPS) is 22.9. The maximum atomic E-state index is 9.77. The second kappa shape index (κ2) is 8.29. The highest BCUT2D eigenvalue weighted by Gasteiger charge is 2.30. The zero-order valence-electron chi connectivity index (χ0n) is 16.1. The molecule has 2 saturated carbocycles. The third-order valence-electron chi connectivity index (χ3n) is 7.25. The Bertz CT molecular complexity index is 561. The molecule has 1 aromatic heterocycles. The smallest absolute Gasteiger partial charge is 0.0472 e. The molecule has 0 spiro atoms. The fraction of sp³-hybridized carbons (Fsp3) is 0.826. The van der Waals surface area contributed by atoms with Crippen molar-refractivity contribution in [1.29, 1.82) is 0 Å². The van der Waals surface area contributed by atoms with E-state index in [1.165, 1.54) is 96.4 Å². The number of aliphatic hydroxyl groups is 1. The van der Waals surface area contributed by atoms with Crippen LogP contribution in [-0.4, -0.2) is 16.3 Å². The Morgan fingerprint density at radius 3 is 2.20 bits per heavy atom. The van der Waals surface area contributed by atoms with Crippen LogP contribution in [0.4, 0.5) is 0 Å². The molecule has 1 N–H and O–H groups in total. The Labute approximate surface area is 154 Å². The summed E-state index contributed by atoms with van der Waals surface area (Å²) in [6, 6.07) is 0. The summed E-state index contributed by atoms with van der Waals surface area (Å²) in [5.74, 6) is 1.67. The molecule has 0 amide bonds. The van der Waals surface area contributed by atoms with Crippen LogP contribution in [-0.2, 0) is 25.8 Å². The summed E-state index contributed by atoms with van der Waals surface area (Å²) in [4.78, 5) is 0. The van der Waals surface area contributed by atoms with Gasteiger partial charge in [0.05, 0.1) is 0 Å². The molecule has 0 radical (unpaired) electrons. The lowest BCUT2D eigenvalue weighted by molar-refractivity contribution is 0.295. The Balaban J connectivity index is 1.72. The van der Waals surface area contributed by atoms with Gasteiger partial charge in [-0.1, -0.05) is 38.5 Å². The highest BCUT2D eigenvalue weighted by atomic mass is 16.2. The van der Waals surface area contributed by atoms with E-state index in [4.69, 9.17) is 0 Å². The summed E-state index contributed by atoms with van der Waals surface area (Å²) in [5, 5.41) is 9.77. The Hall–Kier alpha value is -0.760. The van der Waals surface area contributed by atoms with Crippen molar-refractivity contribution in [2.75, 3.05) is 6.61 Å². The number of hydrogen-bond donors (Lipinski definition) is 1. The van der Waals surface area contributed by atoms with Crippen molar-refractivity contribution in [3.8, 4) is 0 Å².